The molecule has 0 radical (unpaired) electrons. The fourth-order valence-electron chi connectivity index (χ4n) is 3.28. The molecule has 0 aromatic rings. The van der Waals surface area contributed by atoms with E-state index in [9.17, 15) is 14.7 Å². The van der Waals surface area contributed by atoms with Crippen molar-refractivity contribution in [1.29, 1.82) is 0 Å². The fourth-order valence-corrected chi connectivity index (χ4v) is 3.28. The minimum absolute atomic E-state index is 0.103. The van der Waals surface area contributed by atoms with Crippen LogP contribution < -0.4 is 5.32 Å². The Hall–Kier alpha value is -1.06. The van der Waals surface area contributed by atoms with Crippen LogP contribution in [0.3, 0.4) is 0 Å². The van der Waals surface area contributed by atoms with Crippen molar-refractivity contribution in [3.63, 3.8) is 0 Å². The summed E-state index contributed by atoms with van der Waals surface area (Å²) in [5.41, 5.74) is -0.325. The highest BCUT2D eigenvalue weighted by Crippen LogP contribution is 2.49. The first-order chi connectivity index (χ1) is 7.44. The van der Waals surface area contributed by atoms with E-state index in [1.807, 2.05) is 0 Å². The van der Waals surface area contributed by atoms with Crippen molar-refractivity contribution in [3.05, 3.63) is 0 Å². The quantitative estimate of drug-likeness (QED) is 0.709. The molecule has 2 N–H and O–H groups in total. The average molecular weight is 225 g/mol. The lowest BCUT2D eigenvalue weighted by Crippen LogP contribution is -2.46. The lowest BCUT2D eigenvalue weighted by atomic mass is 9.63. The smallest absolute Gasteiger partial charge is 0.326 e. The molecule has 4 atom stereocenters. The van der Waals surface area contributed by atoms with Crippen LogP contribution in [0.15, 0.2) is 0 Å². The number of rotatable bonds is 1. The largest absolute Gasteiger partial charge is 0.480 e. The first-order valence-electron chi connectivity index (χ1n) is 5.97. The summed E-state index contributed by atoms with van der Waals surface area (Å²) in [6.45, 7) is 4.37. The van der Waals surface area contributed by atoms with Gasteiger partial charge in [0.25, 0.3) is 0 Å². The maximum atomic E-state index is 11.4. The van der Waals surface area contributed by atoms with Crippen LogP contribution in [0.2, 0.25) is 0 Å². The van der Waals surface area contributed by atoms with E-state index < -0.39 is 12.0 Å². The Morgan fingerprint density at radius 1 is 1.44 bits per heavy atom. The van der Waals surface area contributed by atoms with Crippen LogP contribution in [0.1, 0.15) is 39.5 Å². The van der Waals surface area contributed by atoms with Crippen LogP contribution in [0.5, 0.6) is 0 Å². The predicted octanol–water partition coefficient (Wildman–Crippen LogP) is 1.40. The van der Waals surface area contributed by atoms with Gasteiger partial charge in [-0.1, -0.05) is 13.8 Å². The van der Waals surface area contributed by atoms with E-state index >= 15 is 0 Å². The average Bonchev–Trinajstić information content (AvgIpc) is 2.50. The summed E-state index contributed by atoms with van der Waals surface area (Å²) >= 11 is 0. The van der Waals surface area contributed by atoms with Gasteiger partial charge in [0.05, 0.1) is 0 Å². The molecule has 16 heavy (non-hydrogen) atoms. The van der Waals surface area contributed by atoms with Gasteiger partial charge < -0.3 is 10.4 Å². The van der Waals surface area contributed by atoms with Gasteiger partial charge in [0.15, 0.2) is 0 Å². The predicted molar refractivity (Wildman–Crippen MR) is 58.8 cm³/mol. The van der Waals surface area contributed by atoms with E-state index in [0.29, 0.717) is 18.3 Å². The van der Waals surface area contributed by atoms with Crippen molar-refractivity contribution in [2.75, 3.05) is 0 Å². The van der Waals surface area contributed by atoms with Gasteiger partial charge in [0.1, 0.15) is 6.04 Å². The summed E-state index contributed by atoms with van der Waals surface area (Å²) in [4.78, 5) is 22.6. The van der Waals surface area contributed by atoms with Crippen LogP contribution in [-0.4, -0.2) is 23.0 Å². The molecule has 0 aromatic heterocycles. The lowest BCUT2D eigenvalue weighted by Gasteiger charge is -2.41. The Bertz CT molecular complexity index is 328. The highest BCUT2D eigenvalue weighted by Gasteiger charge is 2.52. The first-order valence-corrected chi connectivity index (χ1v) is 5.97. The van der Waals surface area contributed by atoms with E-state index in [1.165, 1.54) is 0 Å². The second-order valence-corrected chi connectivity index (χ2v) is 5.58. The minimum Gasteiger partial charge on any atom is -0.480 e. The molecule has 90 valence electrons. The van der Waals surface area contributed by atoms with Gasteiger partial charge in [0, 0.05) is 11.8 Å². The Morgan fingerprint density at radius 3 is 2.69 bits per heavy atom. The third kappa shape index (κ3) is 1.70. The highest BCUT2D eigenvalue weighted by molar-refractivity contribution is 5.89. The molecular formula is C12H19NO3. The molecule has 1 amide bonds. The zero-order valence-electron chi connectivity index (χ0n) is 9.82. The number of aliphatic carboxylic acids is 1. The van der Waals surface area contributed by atoms with Crippen LogP contribution >= 0.6 is 0 Å². The number of hydrogen-bond acceptors (Lipinski definition) is 2. The van der Waals surface area contributed by atoms with Crippen LogP contribution in [0.25, 0.3) is 0 Å². The van der Waals surface area contributed by atoms with Crippen molar-refractivity contribution in [1.82, 2.24) is 5.32 Å². The van der Waals surface area contributed by atoms with Crippen molar-refractivity contribution in [2.24, 2.45) is 17.3 Å². The summed E-state index contributed by atoms with van der Waals surface area (Å²) in [6.07, 6.45) is 3.12. The molecule has 0 aromatic carbocycles. The summed E-state index contributed by atoms with van der Waals surface area (Å²) in [7, 11) is 0. The van der Waals surface area contributed by atoms with Gasteiger partial charge in [-0.2, -0.15) is 0 Å². The number of carboxylic acid groups (broad SMARTS) is 1. The molecule has 1 saturated carbocycles. The number of carbonyl (C=O) groups is 2. The third-order valence-electron chi connectivity index (χ3n) is 4.47. The third-order valence-corrected chi connectivity index (χ3v) is 4.47. The normalized spacial score (nSPS) is 43.4. The zero-order valence-corrected chi connectivity index (χ0v) is 9.82. The number of hydrogen-bond donors (Lipinski definition) is 2. The van der Waals surface area contributed by atoms with Crippen molar-refractivity contribution in [2.45, 2.75) is 45.6 Å². The number of nitrogens with one attached hydrogen (secondary N) is 1. The van der Waals surface area contributed by atoms with Gasteiger partial charge in [-0.15, -0.1) is 0 Å². The van der Waals surface area contributed by atoms with Crippen LogP contribution in [0.4, 0.5) is 0 Å². The van der Waals surface area contributed by atoms with E-state index in [2.05, 4.69) is 19.2 Å². The standard InChI is InChI=1S/C12H19NO3/c1-7-3-4-12(5-8(7)2)6-9(14)13-10(12)11(15)16/h7-8,10H,3-6H2,1-2H3,(H,13,14)(H,15,16). The minimum atomic E-state index is -0.882. The number of carbonyl (C=O) groups excluding carboxylic acids is 1. The lowest BCUT2D eigenvalue weighted by molar-refractivity contribution is -0.143. The van der Waals surface area contributed by atoms with Gasteiger partial charge in [0.2, 0.25) is 5.91 Å². The first kappa shape index (κ1) is 11.4. The highest BCUT2D eigenvalue weighted by atomic mass is 16.4. The van der Waals surface area contributed by atoms with E-state index in [0.717, 1.165) is 19.3 Å². The Kier molecular flexibility index (Phi) is 2.68. The summed E-state index contributed by atoms with van der Waals surface area (Å²) in [5, 5.41) is 11.8. The summed E-state index contributed by atoms with van der Waals surface area (Å²) in [5.74, 6) is 0.154. The number of carboxylic acids is 1. The maximum absolute atomic E-state index is 11.4. The van der Waals surface area contributed by atoms with E-state index in [1.54, 1.807) is 0 Å². The summed E-state index contributed by atoms with van der Waals surface area (Å²) < 4.78 is 0. The maximum Gasteiger partial charge on any atom is 0.326 e. The van der Waals surface area contributed by atoms with Crippen LogP contribution in [-0.2, 0) is 9.59 Å². The number of amides is 1. The second-order valence-electron chi connectivity index (χ2n) is 5.58. The van der Waals surface area contributed by atoms with Gasteiger partial charge >= 0.3 is 5.97 Å². The Balaban J connectivity index is 2.23. The topological polar surface area (TPSA) is 66.4 Å². The Morgan fingerprint density at radius 2 is 2.12 bits per heavy atom. The molecule has 4 unspecified atom stereocenters. The molecule has 1 saturated heterocycles. The van der Waals surface area contributed by atoms with Crippen molar-refractivity contribution >= 4 is 11.9 Å². The van der Waals surface area contributed by atoms with Crippen molar-refractivity contribution < 1.29 is 14.7 Å². The zero-order chi connectivity index (χ0) is 11.9. The molecule has 4 heteroatoms. The molecule has 1 aliphatic carbocycles. The molecular weight excluding hydrogens is 206 g/mol. The molecule has 1 heterocycles. The van der Waals surface area contributed by atoms with Crippen molar-refractivity contribution in [3.8, 4) is 0 Å². The van der Waals surface area contributed by atoms with E-state index in [-0.39, 0.29) is 11.3 Å². The monoisotopic (exact) mass is 225 g/mol. The van der Waals surface area contributed by atoms with E-state index in [4.69, 9.17) is 0 Å². The summed E-state index contributed by atoms with van der Waals surface area (Å²) in [6, 6.07) is -0.671. The fraction of sp³-hybridized carbons (Fsp3) is 0.833. The van der Waals surface area contributed by atoms with Gasteiger partial charge in [-0.25, -0.2) is 4.79 Å². The molecule has 1 aliphatic heterocycles. The molecule has 2 rings (SSSR count). The SMILES string of the molecule is CC1CCC2(CC(=O)NC2C(=O)O)CC1C. The molecule has 0 bridgehead atoms. The van der Waals surface area contributed by atoms with Gasteiger partial charge in [-0.05, 0) is 31.1 Å². The van der Waals surface area contributed by atoms with Gasteiger partial charge in [-0.3, -0.25) is 4.79 Å². The molecule has 1 spiro atoms. The molecule has 2 aliphatic rings. The molecule has 2 fully saturated rings. The Labute approximate surface area is 95.4 Å². The van der Waals surface area contributed by atoms with Crippen LogP contribution in [0, 0.1) is 17.3 Å². The molecule has 4 nitrogen and oxygen atoms in total. The second kappa shape index (κ2) is 3.75.